The summed E-state index contributed by atoms with van der Waals surface area (Å²) in [7, 11) is 0. The van der Waals surface area contributed by atoms with Crippen molar-refractivity contribution >= 4 is 53.3 Å². The number of rotatable bonds is 12. The van der Waals surface area contributed by atoms with Gasteiger partial charge in [0.25, 0.3) is 5.91 Å². The topological polar surface area (TPSA) is 75.6 Å². The van der Waals surface area contributed by atoms with Crippen LogP contribution in [0.4, 0.5) is 0 Å². The first-order chi connectivity index (χ1) is 18.5. The fraction of sp³-hybridized carbons (Fsp3) is 0.250. The number of hydrogen-bond acceptors (Lipinski definition) is 4. The van der Waals surface area contributed by atoms with E-state index >= 15 is 0 Å². The summed E-state index contributed by atoms with van der Waals surface area (Å²) >= 11 is 1.55. The van der Waals surface area contributed by atoms with E-state index in [0.717, 1.165) is 28.7 Å². The van der Waals surface area contributed by atoms with Gasteiger partial charge in [0.1, 0.15) is 6.04 Å². The molecule has 4 rings (SSSR count). The standard InChI is InChI=1S/C32H33NO4S.Li.H/c1-22-7-3-6-10-27(22)29-20-24(12-14-28(29)31(34)33-30(32(35)36)16-18-38-2)21-37-17-15-23-11-13-25-8-4-5-9-26(25)19-23;;/h3-14,19-20,30H,15-18,21H2,1-2H3,(H,33,34)(H,35,36);;. The summed E-state index contributed by atoms with van der Waals surface area (Å²) in [5.74, 6) is -0.765. The number of thioether (sulfide) groups is 1. The maximum atomic E-state index is 13.2. The molecule has 0 aliphatic heterocycles. The minimum atomic E-state index is -1.03. The number of aliphatic carboxylic acids is 1. The number of aryl methyl sites for hydroxylation is 1. The molecule has 0 saturated heterocycles. The van der Waals surface area contributed by atoms with Gasteiger partial charge in [-0.25, -0.2) is 4.79 Å². The van der Waals surface area contributed by atoms with Crippen LogP contribution < -0.4 is 5.32 Å². The van der Waals surface area contributed by atoms with E-state index in [1.807, 2.05) is 61.7 Å². The summed E-state index contributed by atoms with van der Waals surface area (Å²) in [4.78, 5) is 24.9. The number of carbonyl (C=O) groups excluding carboxylic acids is 1. The third-order valence-electron chi connectivity index (χ3n) is 6.60. The molecule has 0 radical (unpaired) electrons. The molecule has 4 aromatic rings. The predicted molar refractivity (Wildman–Crippen MR) is 163 cm³/mol. The number of carbonyl (C=O) groups is 2. The second-order valence-corrected chi connectivity index (χ2v) is 10.3. The van der Waals surface area contributed by atoms with Crippen molar-refractivity contribution in [2.75, 3.05) is 18.6 Å². The second kappa shape index (κ2) is 15.0. The van der Waals surface area contributed by atoms with Crippen molar-refractivity contribution < 1.29 is 19.4 Å². The van der Waals surface area contributed by atoms with E-state index in [-0.39, 0.29) is 24.8 Å². The van der Waals surface area contributed by atoms with Crippen molar-refractivity contribution in [3.63, 3.8) is 0 Å². The average molecular weight is 536 g/mol. The molecular formula is C32H34LiNO4S. The Morgan fingerprint density at radius 1 is 0.897 bits per heavy atom. The Hall–Kier alpha value is -3.01. The number of fused-ring (bicyclic) bond motifs is 1. The van der Waals surface area contributed by atoms with Crippen molar-refractivity contribution in [2.45, 2.75) is 32.4 Å². The first kappa shape index (κ1) is 30.5. The minimum absolute atomic E-state index is 0. The van der Waals surface area contributed by atoms with E-state index in [0.29, 0.717) is 31.0 Å². The van der Waals surface area contributed by atoms with Gasteiger partial charge in [0.2, 0.25) is 0 Å². The molecule has 0 aromatic heterocycles. The van der Waals surface area contributed by atoms with E-state index in [2.05, 4.69) is 35.6 Å². The van der Waals surface area contributed by atoms with Crippen molar-refractivity contribution in [2.24, 2.45) is 0 Å². The Morgan fingerprint density at radius 2 is 1.62 bits per heavy atom. The Bertz CT molecular complexity index is 1420. The monoisotopic (exact) mass is 535 g/mol. The summed E-state index contributed by atoms with van der Waals surface area (Å²) in [5.41, 5.74) is 5.38. The summed E-state index contributed by atoms with van der Waals surface area (Å²) < 4.78 is 6.02. The van der Waals surface area contributed by atoms with Crippen LogP contribution in [0.1, 0.15) is 33.5 Å². The van der Waals surface area contributed by atoms with E-state index < -0.39 is 12.0 Å². The van der Waals surface area contributed by atoms with Crippen LogP contribution in [0.25, 0.3) is 21.9 Å². The quantitative estimate of drug-likeness (QED) is 0.176. The van der Waals surface area contributed by atoms with Crippen LogP contribution in [-0.4, -0.2) is 60.5 Å². The molecule has 0 aliphatic carbocycles. The molecule has 2 N–H and O–H groups in total. The number of benzene rings is 4. The molecule has 5 nitrogen and oxygen atoms in total. The number of carboxylic acids is 1. The molecule has 0 bridgehead atoms. The van der Waals surface area contributed by atoms with E-state index in [1.54, 1.807) is 17.8 Å². The summed E-state index contributed by atoms with van der Waals surface area (Å²) in [6, 6.07) is 27.4. The van der Waals surface area contributed by atoms with Gasteiger partial charge in [-0.05, 0) is 82.5 Å². The molecule has 4 aromatic carbocycles. The molecule has 1 atom stereocenters. The summed E-state index contributed by atoms with van der Waals surface area (Å²) in [6.07, 6.45) is 3.09. The van der Waals surface area contributed by atoms with Gasteiger partial charge in [-0.3, -0.25) is 4.79 Å². The Labute approximate surface area is 246 Å². The Kier molecular flexibility index (Phi) is 11.7. The van der Waals surface area contributed by atoms with Crippen molar-refractivity contribution in [1.82, 2.24) is 5.32 Å². The SMILES string of the molecule is CSCCC(NC(=O)c1ccc(COCCc2ccc3ccccc3c2)cc1-c1ccccc1C)C(=O)O.[LiH]. The van der Waals surface area contributed by atoms with Gasteiger partial charge in [0, 0.05) is 5.56 Å². The number of amides is 1. The van der Waals surface area contributed by atoms with Crippen molar-refractivity contribution in [3.8, 4) is 11.1 Å². The van der Waals surface area contributed by atoms with Gasteiger partial charge in [0.15, 0.2) is 0 Å². The Morgan fingerprint density at radius 3 is 2.36 bits per heavy atom. The molecular weight excluding hydrogens is 501 g/mol. The third kappa shape index (κ3) is 8.24. The van der Waals surface area contributed by atoms with E-state index in [9.17, 15) is 14.7 Å². The maximum absolute atomic E-state index is 13.2. The van der Waals surface area contributed by atoms with Gasteiger partial charge < -0.3 is 15.2 Å². The van der Waals surface area contributed by atoms with Crippen LogP contribution >= 0.6 is 11.8 Å². The number of carboxylic acid groups (broad SMARTS) is 1. The van der Waals surface area contributed by atoms with Gasteiger partial charge in [-0.1, -0.05) is 72.8 Å². The van der Waals surface area contributed by atoms with Gasteiger partial charge in [-0.2, -0.15) is 11.8 Å². The number of nitrogens with one attached hydrogen (secondary N) is 1. The predicted octanol–water partition coefficient (Wildman–Crippen LogP) is 5.86. The average Bonchev–Trinajstić information content (AvgIpc) is 2.93. The first-order valence-corrected chi connectivity index (χ1v) is 14.1. The van der Waals surface area contributed by atoms with Crippen molar-refractivity contribution in [3.05, 3.63) is 107 Å². The van der Waals surface area contributed by atoms with Crippen LogP contribution in [0.2, 0.25) is 0 Å². The zero-order valence-electron chi connectivity index (χ0n) is 21.8. The van der Waals surface area contributed by atoms with Crippen LogP contribution in [0.15, 0.2) is 84.9 Å². The van der Waals surface area contributed by atoms with E-state index in [1.165, 1.54) is 16.3 Å². The number of hydrogen-bond donors (Lipinski definition) is 2. The van der Waals surface area contributed by atoms with Gasteiger partial charge >= 0.3 is 24.8 Å². The molecule has 7 heteroatoms. The summed E-state index contributed by atoms with van der Waals surface area (Å²) in [6.45, 7) is 3.00. The van der Waals surface area contributed by atoms with Gasteiger partial charge in [0.05, 0.1) is 13.2 Å². The normalized spacial score (nSPS) is 11.5. The molecule has 1 unspecified atom stereocenters. The molecule has 198 valence electrons. The second-order valence-electron chi connectivity index (χ2n) is 9.32. The molecule has 0 fully saturated rings. The van der Waals surface area contributed by atoms with Crippen molar-refractivity contribution in [1.29, 1.82) is 0 Å². The van der Waals surface area contributed by atoms with Crippen LogP contribution in [0.5, 0.6) is 0 Å². The molecule has 0 spiro atoms. The molecule has 0 saturated carbocycles. The van der Waals surface area contributed by atoms with E-state index in [4.69, 9.17) is 4.74 Å². The summed E-state index contributed by atoms with van der Waals surface area (Å²) in [5, 5.41) is 14.7. The zero-order valence-corrected chi connectivity index (χ0v) is 22.6. The fourth-order valence-corrected chi connectivity index (χ4v) is 4.95. The first-order valence-electron chi connectivity index (χ1n) is 12.7. The Balaban J connectivity index is 0.00000420. The zero-order chi connectivity index (χ0) is 26.9. The number of ether oxygens (including phenoxy) is 1. The molecule has 0 heterocycles. The van der Waals surface area contributed by atoms with Gasteiger partial charge in [-0.15, -0.1) is 0 Å². The molecule has 39 heavy (non-hydrogen) atoms. The molecule has 1 amide bonds. The third-order valence-corrected chi connectivity index (χ3v) is 7.24. The molecule has 0 aliphatic rings. The van der Waals surface area contributed by atoms with Crippen LogP contribution in [0, 0.1) is 6.92 Å². The fourth-order valence-electron chi connectivity index (χ4n) is 4.48. The van der Waals surface area contributed by atoms with Crippen LogP contribution in [0.3, 0.4) is 0 Å². The van der Waals surface area contributed by atoms with Crippen LogP contribution in [-0.2, 0) is 22.6 Å².